The number of aryl methyl sites for hydroxylation is 1. The summed E-state index contributed by atoms with van der Waals surface area (Å²) in [6, 6.07) is 0. The highest BCUT2D eigenvalue weighted by molar-refractivity contribution is 7.89. The molecule has 24 heavy (non-hydrogen) atoms. The van der Waals surface area contributed by atoms with Gasteiger partial charge in [0.15, 0.2) is 10.9 Å². The molecule has 8 nitrogen and oxygen atoms in total. The molecule has 2 aromatic heterocycles. The molecular weight excluding hydrogens is 330 g/mol. The minimum absolute atomic E-state index is 0.00865. The van der Waals surface area contributed by atoms with Crippen molar-refractivity contribution in [1.82, 2.24) is 24.2 Å². The molecule has 1 aliphatic heterocycles. The number of hydrogen-bond donors (Lipinski definition) is 1. The largest absolute Gasteiger partial charge is 0.367 e. The van der Waals surface area contributed by atoms with Gasteiger partial charge >= 0.3 is 0 Å². The summed E-state index contributed by atoms with van der Waals surface area (Å²) in [5.41, 5.74) is 0.224. The molecule has 0 saturated carbocycles. The molecule has 0 spiro atoms. The third-order valence-electron chi connectivity index (χ3n) is 4.07. The predicted octanol–water partition coefficient (Wildman–Crippen LogP) is 1.10. The van der Waals surface area contributed by atoms with Gasteiger partial charge in [-0.15, -0.1) is 0 Å². The van der Waals surface area contributed by atoms with Crippen LogP contribution in [0.5, 0.6) is 0 Å². The molecule has 0 radical (unpaired) electrons. The summed E-state index contributed by atoms with van der Waals surface area (Å²) in [4.78, 5) is 12.6. The molecule has 1 atom stereocenters. The minimum Gasteiger partial charge on any atom is -0.367 e. The highest BCUT2D eigenvalue weighted by atomic mass is 32.2. The summed E-state index contributed by atoms with van der Waals surface area (Å²) in [5.74, 6) is 0.638. The lowest BCUT2D eigenvalue weighted by Gasteiger charge is -2.32. The fourth-order valence-corrected chi connectivity index (χ4v) is 3.60. The zero-order chi connectivity index (χ0) is 17.2. The molecule has 0 amide bonds. The Morgan fingerprint density at radius 2 is 2.04 bits per heavy atom. The summed E-state index contributed by atoms with van der Waals surface area (Å²) in [5, 5.41) is -0.00865. The van der Waals surface area contributed by atoms with Gasteiger partial charge in [0.2, 0.25) is 0 Å². The Bertz CT molecular complexity index is 795. The molecule has 130 valence electrons. The number of ether oxygens (including phenoxy) is 1. The van der Waals surface area contributed by atoms with E-state index in [4.69, 9.17) is 4.74 Å². The van der Waals surface area contributed by atoms with Crippen LogP contribution in [-0.2, 0) is 34.0 Å². The van der Waals surface area contributed by atoms with E-state index in [0.29, 0.717) is 18.0 Å². The first-order chi connectivity index (χ1) is 11.4. The number of aromatic nitrogens is 4. The van der Waals surface area contributed by atoms with Gasteiger partial charge < -0.3 is 9.30 Å². The summed E-state index contributed by atoms with van der Waals surface area (Å²) in [7, 11) is -1.93. The van der Waals surface area contributed by atoms with E-state index >= 15 is 0 Å². The SMILES string of the molecule is Cn1cnc(S(=O)(=O)NCc2cnc([C@@]3(C)CCCCO3)nc2)c1. The monoisotopic (exact) mass is 351 g/mol. The van der Waals surface area contributed by atoms with Crippen LogP contribution in [0.4, 0.5) is 0 Å². The minimum atomic E-state index is -3.64. The van der Waals surface area contributed by atoms with Crippen molar-refractivity contribution in [2.24, 2.45) is 7.05 Å². The number of nitrogens with one attached hydrogen (secondary N) is 1. The van der Waals surface area contributed by atoms with Gasteiger partial charge in [-0.1, -0.05) is 0 Å². The Balaban J connectivity index is 1.66. The number of sulfonamides is 1. The van der Waals surface area contributed by atoms with E-state index in [9.17, 15) is 8.42 Å². The van der Waals surface area contributed by atoms with Crippen LogP contribution < -0.4 is 4.72 Å². The van der Waals surface area contributed by atoms with Crippen molar-refractivity contribution in [3.05, 3.63) is 36.3 Å². The van der Waals surface area contributed by atoms with E-state index < -0.39 is 15.6 Å². The lowest BCUT2D eigenvalue weighted by Crippen LogP contribution is -2.32. The summed E-state index contributed by atoms with van der Waals surface area (Å²) >= 11 is 0. The average molecular weight is 351 g/mol. The third-order valence-corrected chi connectivity index (χ3v) is 5.36. The topological polar surface area (TPSA) is 99.0 Å². The van der Waals surface area contributed by atoms with E-state index in [1.165, 1.54) is 12.5 Å². The van der Waals surface area contributed by atoms with Crippen molar-refractivity contribution in [3.8, 4) is 0 Å². The Morgan fingerprint density at radius 1 is 1.29 bits per heavy atom. The smallest absolute Gasteiger partial charge is 0.259 e. The molecule has 0 aliphatic carbocycles. The van der Waals surface area contributed by atoms with Gasteiger partial charge in [-0.2, -0.15) is 0 Å². The van der Waals surface area contributed by atoms with Gasteiger partial charge in [0.25, 0.3) is 10.0 Å². The van der Waals surface area contributed by atoms with Crippen molar-refractivity contribution >= 4 is 10.0 Å². The van der Waals surface area contributed by atoms with Crippen molar-refractivity contribution < 1.29 is 13.2 Å². The maximum absolute atomic E-state index is 12.1. The standard InChI is InChI=1S/C15H21N5O3S/c1-15(5-3-4-6-23-15)14-16-7-12(8-17-14)9-19-24(21,22)13-10-20(2)11-18-13/h7-8,10-11,19H,3-6,9H2,1-2H3/t15-/m1/s1. The van der Waals surface area contributed by atoms with Crippen molar-refractivity contribution in [1.29, 1.82) is 0 Å². The summed E-state index contributed by atoms with van der Waals surface area (Å²) < 4.78 is 34.2. The van der Waals surface area contributed by atoms with Gasteiger partial charge in [0.05, 0.1) is 6.33 Å². The molecule has 0 bridgehead atoms. The predicted molar refractivity (Wildman–Crippen MR) is 86.4 cm³/mol. The van der Waals surface area contributed by atoms with Crippen molar-refractivity contribution in [2.45, 2.75) is 43.4 Å². The highest BCUT2D eigenvalue weighted by Gasteiger charge is 2.32. The molecule has 0 aromatic carbocycles. The maximum Gasteiger partial charge on any atom is 0.259 e. The molecule has 9 heteroatoms. The highest BCUT2D eigenvalue weighted by Crippen LogP contribution is 2.32. The van der Waals surface area contributed by atoms with Crippen LogP contribution in [0.3, 0.4) is 0 Å². The Morgan fingerprint density at radius 3 is 2.62 bits per heavy atom. The fraction of sp³-hybridized carbons (Fsp3) is 0.533. The molecule has 3 heterocycles. The fourth-order valence-electron chi connectivity index (χ4n) is 2.61. The van der Waals surface area contributed by atoms with Crippen LogP contribution in [0.1, 0.15) is 37.6 Å². The molecule has 1 aliphatic rings. The van der Waals surface area contributed by atoms with Gasteiger partial charge in [-0.05, 0) is 26.2 Å². The zero-order valence-corrected chi connectivity index (χ0v) is 14.6. The molecule has 1 fully saturated rings. The first kappa shape index (κ1) is 17.0. The van der Waals surface area contributed by atoms with Gasteiger partial charge in [0, 0.05) is 44.4 Å². The van der Waals surface area contributed by atoms with E-state index in [-0.39, 0.29) is 11.6 Å². The van der Waals surface area contributed by atoms with E-state index in [2.05, 4.69) is 19.7 Å². The zero-order valence-electron chi connectivity index (χ0n) is 13.8. The Kier molecular flexibility index (Phi) is 4.66. The van der Waals surface area contributed by atoms with Crippen molar-refractivity contribution in [2.75, 3.05) is 6.61 Å². The van der Waals surface area contributed by atoms with E-state index in [1.807, 2.05) is 6.92 Å². The lowest BCUT2D eigenvalue weighted by atomic mass is 9.95. The van der Waals surface area contributed by atoms with Crippen LogP contribution in [-0.4, -0.2) is 34.5 Å². The summed E-state index contributed by atoms with van der Waals surface area (Å²) in [6.45, 7) is 2.81. The third kappa shape index (κ3) is 3.63. The van der Waals surface area contributed by atoms with Gasteiger partial charge in [0.1, 0.15) is 5.60 Å². The lowest BCUT2D eigenvalue weighted by molar-refractivity contribution is -0.0760. The molecule has 1 N–H and O–H groups in total. The van der Waals surface area contributed by atoms with E-state index in [0.717, 1.165) is 19.3 Å². The first-order valence-electron chi connectivity index (χ1n) is 7.82. The van der Waals surface area contributed by atoms with Crippen molar-refractivity contribution in [3.63, 3.8) is 0 Å². The normalized spacial score (nSPS) is 21.8. The molecule has 1 saturated heterocycles. The number of hydrogen-bond acceptors (Lipinski definition) is 6. The van der Waals surface area contributed by atoms with Crippen LogP contribution in [0.25, 0.3) is 0 Å². The molecule has 3 rings (SSSR count). The molecular formula is C15H21N5O3S. The van der Waals surface area contributed by atoms with Crippen LogP contribution >= 0.6 is 0 Å². The van der Waals surface area contributed by atoms with Crippen LogP contribution in [0, 0.1) is 0 Å². The Labute approximate surface area is 141 Å². The second-order valence-corrected chi connectivity index (χ2v) is 7.87. The average Bonchev–Trinajstić information content (AvgIpc) is 3.02. The molecule has 2 aromatic rings. The second-order valence-electron chi connectivity index (χ2n) is 6.15. The van der Waals surface area contributed by atoms with Crippen LogP contribution in [0.2, 0.25) is 0 Å². The quantitative estimate of drug-likeness (QED) is 0.866. The number of imidazole rings is 1. The molecule has 0 unspecified atom stereocenters. The van der Waals surface area contributed by atoms with Gasteiger partial charge in [-0.3, -0.25) is 0 Å². The summed E-state index contributed by atoms with van der Waals surface area (Å²) in [6.07, 6.45) is 9.19. The van der Waals surface area contributed by atoms with Crippen LogP contribution in [0.15, 0.2) is 29.9 Å². The number of rotatable bonds is 5. The van der Waals surface area contributed by atoms with Gasteiger partial charge in [-0.25, -0.2) is 28.1 Å². The maximum atomic E-state index is 12.1. The Hall–Kier alpha value is -1.84. The van der Waals surface area contributed by atoms with E-state index in [1.54, 1.807) is 24.0 Å². The number of nitrogens with zero attached hydrogens (tertiary/aromatic N) is 4. The second kappa shape index (κ2) is 6.58. The first-order valence-corrected chi connectivity index (χ1v) is 9.30.